The van der Waals surface area contributed by atoms with Crippen molar-refractivity contribution in [1.29, 1.82) is 0 Å². The lowest BCUT2D eigenvalue weighted by atomic mass is 9.90. The summed E-state index contributed by atoms with van der Waals surface area (Å²) in [5.41, 5.74) is 4.27. The maximum Gasteiger partial charge on any atom is 0.268 e. The van der Waals surface area contributed by atoms with Gasteiger partial charge < -0.3 is 5.11 Å². The van der Waals surface area contributed by atoms with E-state index in [4.69, 9.17) is 0 Å². The minimum absolute atomic E-state index is 0.0366. The van der Waals surface area contributed by atoms with Crippen molar-refractivity contribution >= 4 is 20.9 Å². The third kappa shape index (κ3) is 3.44. The third-order valence-corrected chi connectivity index (χ3v) is 7.38. The summed E-state index contributed by atoms with van der Waals surface area (Å²) in [6, 6.07) is 24.3. The van der Waals surface area contributed by atoms with Gasteiger partial charge >= 0.3 is 0 Å². The summed E-state index contributed by atoms with van der Waals surface area (Å²) in [5.74, 6) is -0.246. The van der Waals surface area contributed by atoms with Crippen LogP contribution >= 0.6 is 0 Å². The SMILES string of the molecule is Cc1ccc(S(=O)(=O)n2c(C(CCO)c3ccccc3)c(C)c3ccccc32)cc1. The molecule has 0 radical (unpaired) electrons. The van der Waals surface area contributed by atoms with Gasteiger partial charge in [0.15, 0.2) is 0 Å². The minimum Gasteiger partial charge on any atom is -0.396 e. The van der Waals surface area contributed by atoms with Crippen LogP contribution in [0.1, 0.15) is 34.7 Å². The van der Waals surface area contributed by atoms with Crippen molar-refractivity contribution in [1.82, 2.24) is 3.97 Å². The van der Waals surface area contributed by atoms with Crippen LogP contribution in [-0.4, -0.2) is 24.1 Å². The van der Waals surface area contributed by atoms with E-state index in [9.17, 15) is 13.5 Å². The summed E-state index contributed by atoms with van der Waals surface area (Å²) < 4.78 is 29.1. The molecule has 0 aliphatic carbocycles. The summed E-state index contributed by atoms with van der Waals surface area (Å²) in [6.45, 7) is 3.86. The average Bonchev–Trinajstić information content (AvgIpc) is 3.06. The molecule has 154 valence electrons. The van der Waals surface area contributed by atoms with Crippen LogP contribution in [0, 0.1) is 13.8 Å². The van der Waals surface area contributed by atoms with Gasteiger partial charge in [0.2, 0.25) is 0 Å². The number of hydrogen-bond donors (Lipinski definition) is 1. The number of para-hydroxylation sites is 1. The Labute approximate surface area is 177 Å². The molecular weight excluding hydrogens is 394 g/mol. The number of hydrogen-bond acceptors (Lipinski definition) is 3. The van der Waals surface area contributed by atoms with Crippen molar-refractivity contribution in [3.05, 3.63) is 101 Å². The number of aliphatic hydroxyl groups is 1. The maximum absolute atomic E-state index is 13.8. The molecule has 0 fully saturated rings. The molecule has 0 aliphatic rings. The normalized spacial score (nSPS) is 12.9. The van der Waals surface area contributed by atoms with Crippen LogP contribution in [0.4, 0.5) is 0 Å². The van der Waals surface area contributed by atoms with Gasteiger partial charge in [-0.05, 0) is 49.6 Å². The molecule has 1 heterocycles. The quantitative estimate of drug-likeness (QED) is 0.478. The van der Waals surface area contributed by atoms with E-state index in [0.29, 0.717) is 17.6 Å². The van der Waals surface area contributed by atoms with Crippen molar-refractivity contribution in [3.8, 4) is 0 Å². The Hall–Kier alpha value is -2.89. The number of nitrogens with zero attached hydrogens (tertiary/aromatic N) is 1. The molecule has 0 aliphatic heterocycles. The number of aliphatic hydroxyl groups excluding tert-OH is 1. The number of aromatic nitrogens is 1. The number of aryl methyl sites for hydroxylation is 2. The van der Waals surface area contributed by atoms with Crippen molar-refractivity contribution in [2.75, 3.05) is 6.61 Å². The Morgan fingerprint density at radius 2 is 1.50 bits per heavy atom. The second-order valence-corrected chi connectivity index (χ2v) is 9.37. The van der Waals surface area contributed by atoms with Gasteiger partial charge in [0.1, 0.15) is 0 Å². The Balaban J connectivity index is 2.05. The molecule has 3 aromatic carbocycles. The first-order chi connectivity index (χ1) is 14.4. The summed E-state index contributed by atoms with van der Waals surface area (Å²) in [6.07, 6.45) is 0.435. The van der Waals surface area contributed by atoms with Crippen LogP contribution in [0.2, 0.25) is 0 Å². The number of rotatable bonds is 6. The van der Waals surface area contributed by atoms with Crippen molar-refractivity contribution in [2.24, 2.45) is 0 Å². The van der Waals surface area contributed by atoms with E-state index in [0.717, 1.165) is 22.1 Å². The van der Waals surface area contributed by atoms with Crippen LogP contribution in [0.15, 0.2) is 83.8 Å². The molecule has 0 bridgehead atoms. The van der Waals surface area contributed by atoms with Gasteiger partial charge in [-0.25, -0.2) is 12.4 Å². The largest absolute Gasteiger partial charge is 0.396 e. The molecule has 0 amide bonds. The van der Waals surface area contributed by atoms with Gasteiger partial charge in [-0.3, -0.25) is 0 Å². The van der Waals surface area contributed by atoms with Crippen LogP contribution < -0.4 is 0 Å². The predicted molar refractivity (Wildman–Crippen MR) is 120 cm³/mol. The summed E-state index contributed by atoms with van der Waals surface area (Å²) >= 11 is 0. The first-order valence-electron chi connectivity index (χ1n) is 10.0. The molecule has 4 rings (SSSR count). The van der Waals surface area contributed by atoms with Gasteiger partial charge in [0, 0.05) is 23.6 Å². The van der Waals surface area contributed by atoms with Gasteiger partial charge in [0.05, 0.1) is 10.4 Å². The second-order valence-electron chi connectivity index (χ2n) is 7.59. The highest BCUT2D eigenvalue weighted by Gasteiger charge is 2.30. The van der Waals surface area contributed by atoms with Crippen LogP contribution in [0.5, 0.6) is 0 Å². The standard InChI is InChI=1S/C25H25NO3S/c1-18-12-14-21(15-13-18)30(28,29)26-24-11-7-6-10-22(24)19(2)25(26)23(16-17-27)20-8-4-3-5-9-20/h3-15,23,27H,16-17H2,1-2H3. The van der Waals surface area contributed by atoms with E-state index in [1.165, 1.54) is 3.97 Å². The fourth-order valence-electron chi connectivity index (χ4n) is 4.14. The molecule has 1 N–H and O–H groups in total. The van der Waals surface area contributed by atoms with Crippen LogP contribution in [0.25, 0.3) is 10.9 Å². The molecule has 1 unspecified atom stereocenters. The lowest BCUT2D eigenvalue weighted by Gasteiger charge is -2.21. The summed E-state index contributed by atoms with van der Waals surface area (Å²) in [4.78, 5) is 0.255. The van der Waals surface area contributed by atoms with Gasteiger partial charge in [-0.15, -0.1) is 0 Å². The predicted octanol–water partition coefficient (Wildman–Crippen LogP) is 5.01. The molecule has 1 atom stereocenters. The van der Waals surface area contributed by atoms with Gasteiger partial charge in [-0.2, -0.15) is 0 Å². The fraction of sp³-hybridized carbons (Fsp3) is 0.200. The minimum atomic E-state index is -3.83. The van der Waals surface area contributed by atoms with Crippen molar-refractivity contribution < 1.29 is 13.5 Å². The van der Waals surface area contributed by atoms with E-state index in [1.807, 2.05) is 80.6 Å². The Morgan fingerprint density at radius 1 is 0.867 bits per heavy atom. The van der Waals surface area contributed by atoms with E-state index in [2.05, 4.69) is 0 Å². The fourth-order valence-corrected chi connectivity index (χ4v) is 5.77. The highest BCUT2D eigenvalue weighted by molar-refractivity contribution is 7.90. The van der Waals surface area contributed by atoms with Gasteiger partial charge in [-0.1, -0.05) is 66.2 Å². The van der Waals surface area contributed by atoms with Crippen molar-refractivity contribution in [3.63, 3.8) is 0 Å². The zero-order valence-electron chi connectivity index (χ0n) is 17.1. The van der Waals surface area contributed by atoms with E-state index in [1.54, 1.807) is 12.1 Å². The molecule has 5 heteroatoms. The molecule has 4 aromatic rings. The molecule has 0 spiro atoms. The number of fused-ring (bicyclic) bond motifs is 1. The second kappa shape index (κ2) is 8.09. The molecule has 0 saturated heterocycles. The zero-order valence-corrected chi connectivity index (χ0v) is 17.9. The first-order valence-corrected chi connectivity index (χ1v) is 11.5. The Morgan fingerprint density at radius 3 is 2.17 bits per heavy atom. The number of benzene rings is 3. The van der Waals surface area contributed by atoms with E-state index < -0.39 is 10.0 Å². The molecule has 0 saturated carbocycles. The zero-order chi connectivity index (χ0) is 21.3. The van der Waals surface area contributed by atoms with Gasteiger partial charge in [0.25, 0.3) is 10.0 Å². The topological polar surface area (TPSA) is 59.3 Å². The molecule has 4 nitrogen and oxygen atoms in total. The smallest absolute Gasteiger partial charge is 0.268 e. The first kappa shape index (κ1) is 20.4. The molecular formula is C25H25NO3S. The maximum atomic E-state index is 13.8. The lowest BCUT2D eigenvalue weighted by Crippen LogP contribution is -2.19. The monoisotopic (exact) mass is 419 g/mol. The summed E-state index contributed by atoms with van der Waals surface area (Å²) in [7, 11) is -3.83. The summed E-state index contributed by atoms with van der Waals surface area (Å²) in [5, 5.41) is 10.7. The van der Waals surface area contributed by atoms with Crippen LogP contribution in [0.3, 0.4) is 0 Å². The van der Waals surface area contributed by atoms with Crippen LogP contribution in [-0.2, 0) is 10.0 Å². The van der Waals surface area contributed by atoms with Crippen molar-refractivity contribution in [2.45, 2.75) is 31.1 Å². The van der Waals surface area contributed by atoms with E-state index in [-0.39, 0.29) is 17.4 Å². The molecule has 30 heavy (non-hydrogen) atoms. The highest BCUT2D eigenvalue weighted by Crippen LogP contribution is 2.38. The highest BCUT2D eigenvalue weighted by atomic mass is 32.2. The average molecular weight is 420 g/mol. The Bertz CT molecular complexity index is 1270. The Kier molecular flexibility index (Phi) is 5.50. The lowest BCUT2D eigenvalue weighted by molar-refractivity contribution is 0.280. The molecule has 1 aromatic heterocycles. The van der Waals surface area contributed by atoms with E-state index >= 15 is 0 Å². The third-order valence-electron chi connectivity index (χ3n) is 5.64.